The van der Waals surface area contributed by atoms with Crippen LogP contribution in [0.25, 0.3) is 0 Å². The molecule has 6 nitrogen and oxygen atoms in total. The molecule has 0 heterocycles. The molecule has 0 aromatic heterocycles. The number of hydrogen-bond acceptors (Lipinski definition) is 3. The second kappa shape index (κ2) is 8.06. The van der Waals surface area contributed by atoms with Crippen molar-refractivity contribution >= 4 is 17.8 Å². The molecule has 0 aliphatic rings. The van der Waals surface area contributed by atoms with E-state index >= 15 is 0 Å². The lowest BCUT2D eigenvalue weighted by Crippen LogP contribution is -2.45. The van der Waals surface area contributed by atoms with E-state index in [4.69, 9.17) is 5.11 Å². The molecule has 0 aliphatic carbocycles. The number of halogens is 2. The van der Waals surface area contributed by atoms with Gasteiger partial charge < -0.3 is 15.7 Å². The predicted molar refractivity (Wildman–Crippen MR) is 73.2 cm³/mol. The number of amides is 2. The second-order valence-corrected chi connectivity index (χ2v) is 4.56. The van der Waals surface area contributed by atoms with Crippen LogP contribution >= 0.6 is 0 Å². The maximum atomic E-state index is 13.0. The fourth-order valence-electron chi connectivity index (χ4n) is 1.69. The molecule has 0 radical (unpaired) electrons. The first-order valence-electron chi connectivity index (χ1n) is 6.60. The quantitative estimate of drug-likeness (QED) is 0.701. The van der Waals surface area contributed by atoms with Gasteiger partial charge in [0.05, 0.1) is 6.54 Å². The van der Waals surface area contributed by atoms with Crippen molar-refractivity contribution in [2.24, 2.45) is 0 Å². The van der Waals surface area contributed by atoms with Crippen LogP contribution < -0.4 is 10.6 Å². The van der Waals surface area contributed by atoms with Crippen LogP contribution in [0, 0.1) is 11.6 Å². The van der Waals surface area contributed by atoms with E-state index in [0.29, 0.717) is 12.5 Å². The zero-order valence-electron chi connectivity index (χ0n) is 11.9. The van der Waals surface area contributed by atoms with Crippen LogP contribution in [0.3, 0.4) is 0 Å². The van der Waals surface area contributed by atoms with E-state index in [9.17, 15) is 23.2 Å². The molecule has 1 aromatic rings. The van der Waals surface area contributed by atoms with Crippen molar-refractivity contribution in [3.63, 3.8) is 0 Å². The summed E-state index contributed by atoms with van der Waals surface area (Å²) in [5.74, 6) is -4.88. The zero-order chi connectivity index (χ0) is 16.7. The molecular weight excluding hydrogens is 298 g/mol. The molecule has 0 fully saturated rings. The second-order valence-electron chi connectivity index (χ2n) is 4.56. The van der Waals surface area contributed by atoms with Crippen LogP contribution in [0.2, 0.25) is 0 Å². The number of carboxylic acids is 1. The molecule has 1 rings (SSSR count). The highest BCUT2D eigenvalue weighted by Crippen LogP contribution is 2.08. The van der Waals surface area contributed by atoms with Gasteiger partial charge >= 0.3 is 5.97 Å². The Balaban J connectivity index is 2.54. The van der Waals surface area contributed by atoms with Crippen molar-refractivity contribution < 1.29 is 28.3 Å². The van der Waals surface area contributed by atoms with Gasteiger partial charge in [0.1, 0.15) is 6.04 Å². The van der Waals surface area contributed by atoms with Crippen molar-refractivity contribution in [3.05, 3.63) is 35.4 Å². The monoisotopic (exact) mass is 314 g/mol. The van der Waals surface area contributed by atoms with Gasteiger partial charge in [-0.15, -0.1) is 0 Å². The summed E-state index contributed by atoms with van der Waals surface area (Å²) < 4.78 is 25.7. The van der Waals surface area contributed by atoms with E-state index in [1.54, 1.807) is 6.92 Å². The molecule has 120 valence electrons. The Kier molecular flexibility index (Phi) is 6.43. The Labute approximate surface area is 125 Å². The molecule has 1 atom stereocenters. The third-order valence-corrected chi connectivity index (χ3v) is 2.80. The van der Waals surface area contributed by atoms with Gasteiger partial charge in [0.2, 0.25) is 5.91 Å². The number of carboxylic acid groups (broad SMARTS) is 1. The standard InChI is InChI=1S/C14H16F2N2O4/c1-2-3-11(14(21)22)18-12(19)7-17-13(20)8-4-5-9(15)10(16)6-8/h4-6,11H,2-3,7H2,1H3,(H,17,20)(H,18,19)(H,21,22). The average molecular weight is 314 g/mol. The topological polar surface area (TPSA) is 95.5 Å². The summed E-state index contributed by atoms with van der Waals surface area (Å²) in [4.78, 5) is 34.1. The van der Waals surface area contributed by atoms with Gasteiger partial charge in [-0.05, 0) is 24.6 Å². The lowest BCUT2D eigenvalue weighted by atomic mass is 10.1. The molecule has 0 spiro atoms. The maximum absolute atomic E-state index is 13.0. The van der Waals surface area contributed by atoms with Crippen LogP contribution in [0.15, 0.2) is 18.2 Å². The highest BCUT2D eigenvalue weighted by molar-refractivity contribution is 5.96. The van der Waals surface area contributed by atoms with E-state index < -0.39 is 42.0 Å². The molecule has 0 saturated heterocycles. The Hall–Kier alpha value is -2.51. The summed E-state index contributed by atoms with van der Waals surface area (Å²) in [6.45, 7) is 1.30. The van der Waals surface area contributed by atoms with Crippen molar-refractivity contribution in [3.8, 4) is 0 Å². The number of aliphatic carboxylic acids is 1. The van der Waals surface area contributed by atoms with Gasteiger partial charge in [-0.2, -0.15) is 0 Å². The minimum absolute atomic E-state index is 0.143. The first kappa shape index (κ1) is 17.5. The van der Waals surface area contributed by atoms with Crippen molar-refractivity contribution in [2.45, 2.75) is 25.8 Å². The number of nitrogens with one attached hydrogen (secondary N) is 2. The van der Waals surface area contributed by atoms with Crippen LogP contribution in [-0.2, 0) is 9.59 Å². The Morgan fingerprint density at radius 1 is 1.23 bits per heavy atom. The van der Waals surface area contributed by atoms with E-state index in [-0.39, 0.29) is 12.0 Å². The molecule has 2 amide bonds. The summed E-state index contributed by atoms with van der Waals surface area (Å²) in [5, 5.41) is 13.3. The number of benzene rings is 1. The fourth-order valence-corrected chi connectivity index (χ4v) is 1.69. The molecule has 1 aromatic carbocycles. The van der Waals surface area contributed by atoms with Crippen molar-refractivity contribution in [1.29, 1.82) is 0 Å². The number of rotatable bonds is 7. The van der Waals surface area contributed by atoms with Gasteiger partial charge in [-0.1, -0.05) is 13.3 Å². The molecule has 8 heteroatoms. The van der Waals surface area contributed by atoms with Gasteiger partial charge in [-0.25, -0.2) is 13.6 Å². The molecule has 0 bridgehead atoms. The Bertz CT molecular complexity index is 578. The van der Waals surface area contributed by atoms with Gasteiger partial charge in [-0.3, -0.25) is 9.59 Å². The maximum Gasteiger partial charge on any atom is 0.326 e. The third-order valence-electron chi connectivity index (χ3n) is 2.80. The van der Waals surface area contributed by atoms with Crippen LogP contribution in [0.4, 0.5) is 8.78 Å². The largest absolute Gasteiger partial charge is 0.480 e. The van der Waals surface area contributed by atoms with Gasteiger partial charge in [0, 0.05) is 5.56 Å². The SMILES string of the molecule is CCCC(NC(=O)CNC(=O)c1ccc(F)c(F)c1)C(=O)O. The smallest absolute Gasteiger partial charge is 0.326 e. The molecule has 3 N–H and O–H groups in total. The Morgan fingerprint density at radius 3 is 2.45 bits per heavy atom. The first-order chi connectivity index (χ1) is 10.3. The third kappa shape index (κ3) is 5.12. The summed E-state index contributed by atoms with van der Waals surface area (Å²) in [5.41, 5.74) is -0.143. The highest BCUT2D eigenvalue weighted by atomic mass is 19.2. The van der Waals surface area contributed by atoms with E-state index in [0.717, 1.165) is 12.1 Å². The molecule has 0 aliphatic heterocycles. The van der Waals surface area contributed by atoms with Crippen LogP contribution in [0.5, 0.6) is 0 Å². The Morgan fingerprint density at radius 2 is 1.91 bits per heavy atom. The lowest BCUT2D eigenvalue weighted by molar-refractivity contribution is -0.141. The van der Waals surface area contributed by atoms with Crippen molar-refractivity contribution in [1.82, 2.24) is 10.6 Å². The van der Waals surface area contributed by atoms with Gasteiger partial charge in [0.25, 0.3) is 5.91 Å². The molecule has 0 saturated carbocycles. The number of carbonyl (C=O) groups excluding carboxylic acids is 2. The van der Waals surface area contributed by atoms with E-state index in [1.165, 1.54) is 0 Å². The lowest BCUT2D eigenvalue weighted by Gasteiger charge is -2.13. The molecule has 1 unspecified atom stereocenters. The van der Waals surface area contributed by atoms with E-state index in [1.807, 2.05) is 0 Å². The number of hydrogen-bond donors (Lipinski definition) is 3. The number of carbonyl (C=O) groups is 3. The van der Waals surface area contributed by atoms with Crippen LogP contribution in [0.1, 0.15) is 30.1 Å². The summed E-state index contributed by atoms with van der Waals surface area (Å²) in [7, 11) is 0. The van der Waals surface area contributed by atoms with Gasteiger partial charge in [0.15, 0.2) is 11.6 Å². The first-order valence-corrected chi connectivity index (χ1v) is 6.60. The van der Waals surface area contributed by atoms with Crippen molar-refractivity contribution in [2.75, 3.05) is 6.54 Å². The normalized spacial score (nSPS) is 11.6. The molecular formula is C14H16F2N2O4. The van der Waals surface area contributed by atoms with E-state index in [2.05, 4.69) is 10.6 Å². The zero-order valence-corrected chi connectivity index (χ0v) is 11.9. The average Bonchev–Trinajstić information content (AvgIpc) is 2.47. The molecule has 22 heavy (non-hydrogen) atoms. The fraction of sp³-hybridized carbons (Fsp3) is 0.357. The van der Waals surface area contributed by atoms with Crippen LogP contribution in [-0.4, -0.2) is 35.5 Å². The summed E-state index contributed by atoms with van der Waals surface area (Å²) in [6, 6.07) is 1.55. The predicted octanol–water partition coefficient (Wildman–Crippen LogP) is 1.06. The summed E-state index contributed by atoms with van der Waals surface area (Å²) >= 11 is 0. The minimum Gasteiger partial charge on any atom is -0.480 e. The highest BCUT2D eigenvalue weighted by Gasteiger charge is 2.19. The summed E-state index contributed by atoms with van der Waals surface area (Å²) in [6.07, 6.45) is 0.830. The minimum atomic E-state index is -1.18.